The normalized spacial score (nSPS) is 10.7. The molecule has 1 heterocycles. The van der Waals surface area contributed by atoms with Gasteiger partial charge in [-0.2, -0.15) is 0 Å². The smallest absolute Gasteiger partial charge is 0.297 e. The van der Waals surface area contributed by atoms with Crippen molar-refractivity contribution in [2.24, 2.45) is 0 Å². The number of anilines is 1. The number of benzene rings is 3. The standard InChI is InChI=1S/C25H24N4O/c1-2-3-19-28(21-15-9-5-10-16-21)25(30)23-26-24(20-13-7-4-8-14-20)29(27-23)22-17-11-6-12-18-22/h4-18H,2-3,19H2,1H3. The summed E-state index contributed by atoms with van der Waals surface area (Å²) in [5, 5.41) is 4.63. The molecule has 5 heteroatoms. The van der Waals surface area contributed by atoms with Gasteiger partial charge in [0.15, 0.2) is 5.82 Å². The maximum absolute atomic E-state index is 13.5. The Kier molecular flexibility index (Phi) is 5.99. The van der Waals surface area contributed by atoms with Gasteiger partial charge in [0.2, 0.25) is 5.82 Å². The molecule has 0 radical (unpaired) electrons. The zero-order chi connectivity index (χ0) is 20.8. The van der Waals surface area contributed by atoms with Gasteiger partial charge in [0.1, 0.15) is 0 Å². The van der Waals surface area contributed by atoms with Crippen molar-refractivity contribution < 1.29 is 4.79 Å². The number of amides is 1. The lowest BCUT2D eigenvalue weighted by Gasteiger charge is -2.21. The number of hydrogen-bond donors (Lipinski definition) is 0. The van der Waals surface area contributed by atoms with E-state index in [1.165, 1.54) is 0 Å². The van der Waals surface area contributed by atoms with E-state index >= 15 is 0 Å². The van der Waals surface area contributed by atoms with Gasteiger partial charge in [0.05, 0.1) is 5.69 Å². The fourth-order valence-corrected chi connectivity index (χ4v) is 3.32. The van der Waals surface area contributed by atoms with Crippen molar-refractivity contribution >= 4 is 11.6 Å². The summed E-state index contributed by atoms with van der Waals surface area (Å²) in [5.41, 5.74) is 2.63. The first-order valence-electron chi connectivity index (χ1n) is 10.2. The number of carbonyl (C=O) groups excluding carboxylic acids is 1. The third kappa shape index (κ3) is 4.15. The third-order valence-corrected chi connectivity index (χ3v) is 4.88. The van der Waals surface area contributed by atoms with E-state index < -0.39 is 0 Å². The molecule has 1 amide bonds. The molecule has 0 aliphatic heterocycles. The Balaban J connectivity index is 1.78. The minimum absolute atomic E-state index is 0.192. The molecule has 0 saturated heterocycles. The predicted octanol–water partition coefficient (Wildman–Crippen LogP) is 5.38. The van der Waals surface area contributed by atoms with Crippen molar-refractivity contribution in [1.82, 2.24) is 14.8 Å². The zero-order valence-electron chi connectivity index (χ0n) is 17.0. The van der Waals surface area contributed by atoms with Crippen LogP contribution in [0, 0.1) is 0 Å². The molecule has 0 saturated carbocycles. The Morgan fingerprint density at radius 3 is 2.10 bits per heavy atom. The highest BCUT2D eigenvalue weighted by atomic mass is 16.2. The van der Waals surface area contributed by atoms with Gasteiger partial charge in [-0.15, -0.1) is 5.10 Å². The van der Waals surface area contributed by atoms with Crippen LogP contribution < -0.4 is 4.90 Å². The highest BCUT2D eigenvalue weighted by molar-refractivity contribution is 6.03. The quantitative estimate of drug-likeness (QED) is 0.421. The van der Waals surface area contributed by atoms with Crippen LogP contribution in [0.2, 0.25) is 0 Å². The maximum atomic E-state index is 13.5. The van der Waals surface area contributed by atoms with Crippen LogP contribution in [-0.2, 0) is 0 Å². The molecule has 0 N–H and O–H groups in total. The molecule has 0 aliphatic rings. The molecule has 0 bridgehead atoms. The van der Waals surface area contributed by atoms with Gasteiger partial charge in [-0.1, -0.05) is 80.1 Å². The Hall–Kier alpha value is -3.73. The van der Waals surface area contributed by atoms with Gasteiger partial charge in [-0.05, 0) is 30.7 Å². The van der Waals surface area contributed by atoms with E-state index in [-0.39, 0.29) is 11.7 Å². The summed E-state index contributed by atoms with van der Waals surface area (Å²) < 4.78 is 1.74. The molecule has 5 nitrogen and oxygen atoms in total. The minimum Gasteiger partial charge on any atom is -0.306 e. The Morgan fingerprint density at radius 1 is 0.867 bits per heavy atom. The molecule has 4 aromatic rings. The molecule has 1 aromatic heterocycles. The highest BCUT2D eigenvalue weighted by Crippen LogP contribution is 2.23. The lowest BCUT2D eigenvalue weighted by atomic mass is 10.2. The van der Waals surface area contributed by atoms with E-state index in [0.717, 1.165) is 29.8 Å². The number of carbonyl (C=O) groups is 1. The van der Waals surface area contributed by atoms with Crippen molar-refractivity contribution in [2.75, 3.05) is 11.4 Å². The van der Waals surface area contributed by atoms with E-state index in [1.807, 2.05) is 91.0 Å². The lowest BCUT2D eigenvalue weighted by Crippen LogP contribution is -2.32. The average Bonchev–Trinajstić information content (AvgIpc) is 3.27. The Labute approximate surface area is 176 Å². The number of unbranched alkanes of at least 4 members (excludes halogenated alkanes) is 1. The molecule has 0 spiro atoms. The molecule has 0 fully saturated rings. The number of nitrogens with zero attached hydrogens (tertiary/aromatic N) is 4. The molecule has 0 aliphatic carbocycles. The largest absolute Gasteiger partial charge is 0.306 e. The number of hydrogen-bond acceptors (Lipinski definition) is 3. The second kappa shape index (κ2) is 9.18. The van der Waals surface area contributed by atoms with E-state index in [2.05, 4.69) is 17.0 Å². The summed E-state index contributed by atoms with van der Waals surface area (Å²) in [4.78, 5) is 19.9. The van der Waals surface area contributed by atoms with Crippen LogP contribution >= 0.6 is 0 Å². The summed E-state index contributed by atoms with van der Waals surface area (Å²) >= 11 is 0. The van der Waals surface area contributed by atoms with Crippen LogP contribution in [0.1, 0.15) is 30.4 Å². The van der Waals surface area contributed by atoms with E-state index in [1.54, 1.807) is 9.58 Å². The van der Waals surface area contributed by atoms with Crippen LogP contribution in [0.25, 0.3) is 17.1 Å². The van der Waals surface area contributed by atoms with Crippen LogP contribution in [0.5, 0.6) is 0 Å². The van der Waals surface area contributed by atoms with E-state index in [9.17, 15) is 4.79 Å². The highest BCUT2D eigenvalue weighted by Gasteiger charge is 2.24. The van der Waals surface area contributed by atoms with Gasteiger partial charge in [-0.3, -0.25) is 4.79 Å². The maximum Gasteiger partial charge on any atom is 0.297 e. The van der Waals surface area contributed by atoms with Crippen molar-refractivity contribution in [2.45, 2.75) is 19.8 Å². The van der Waals surface area contributed by atoms with Crippen molar-refractivity contribution in [1.29, 1.82) is 0 Å². The molecular weight excluding hydrogens is 372 g/mol. The minimum atomic E-state index is -0.193. The zero-order valence-corrected chi connectivity index (χ0v) is 17.0. The fourth-order valence-electron chi connectivity index (χ4n) is 3.32. The van der Waals surface area contributed by atoms with Crippen LogP contribution in [0.4, 0.5) is 5.69 Å². The second-order valence-corrected chi connectivity index (χ2v) is 7.02. The van der Waals surface area contributed by atoms with Crippen molar-refractivity contribution in [3.8, 4) is 17.1 Å². The molecule has 4 rings (SSSR count). The van der Waals surface area contributed by atoms with E-state index in [0.29, 0.717) is 12.4 Å². The SMILES string of the molecule is CCCCN(C(=O)c1nc(-c2ccccc2)n(-c2ccccc2)n1)c1ccccc1. The average molecular weight is 396 g/mol. The summed E-state index contributed by atoms with van der Waals surface area (Å²) in [7, 11) is 0. The van der Waals surface area contributed by atoms with Gasteiger partial charge < -0.3 is 4.90 Å². The molecule has 0 atom stereocenters. The molecule has 30 heavy (non-hydrogen) atoms. The first kappa shape index (κ1) is 19.6. The summed E-state index contributed by atoms with van der Waals surface area (Å²) in [6.07, 6.45) is 1.91. The first-order chi connectivity index (χ1) is 14.8. The topological polar surface area (TPSA) is 51.0 Å². The van der Waals surface area contributed by atoms with Gasteiger partial charge in [0, 0.05) is 17.8 Å². The fraction of sp³-hybridized carbons (Fsp3) is 0.160. The Morgan fingerprint density at radius 2 is 1.47 bits per heavy atom. The Bertz CT molecular complexity index is 1030. The van der Waals surface area contributed by atoms with Crippen LogP contribution in [-0.4, -0.2) is 27.2 Å². The third-order valence-electron chi connectivity index (χ3n) is 4.88. The lowest BCUT2D eigenvalue weighted by molar-refractivity contribution is 0.0976. The van der Waals surface area contributed by atoms with E-state index in [4.69, 9.17) is 0 Å². The molecular formula is C25H24N4O. The van der Waals surface area contributed by atoms with Gasteiger partial charge in [0.25, 0.3) is 5.91 Å². The monoisotopic (exact) mass is 396 g/mol. The molecule has 3 aromatic carbocycles. The predicted molar refractivity (Wildman–Crippen MR) is 120 cm³/mol. The van der Waals surface area contributed by atoms with Gasteiger partial charge >= 0.3 is 0 Å². The van der Waals surface area contributed by atoms with Crippen LogP contribution in [0.15, 0.2) is 91.0 Å². The molecule has 0 unspecified atom stereocenters. The number of rotatable bonds is 7. The number of aromatic nitrogens is 3. The number of para-hydroxylation sites is 2. The summed E-state index contributed by atoms with van der Waals surface area (Å²) in [6, 6.07) is 29.3. The van der Waals surface area contributed by atoms with Gasteiger partial charge in [-0.25, -0.2) is 9.67 Å². The second-order valence-electron chi connectivity index (χ2n) is 7.02. The molecule has 150 valence electrons. The van der Waals surface area contributed by atoms with Crippen molar-refractivity contribution in [3.63, 3.8) is 0 Å². The first-order valence-corrected chi connectivity index (χ1v) is 10.2. The van der Waals surface area contributed by atoms with Crippen LogP contribution in [0.3, 0.4) is 0 Å². The van der Waals surface area contributed by atoms with Crippen molar-refractivity contribution in [3.05, 3.63) is 96.8 Å². The summed E-state index contributed by atoms with van der Waals surface area (Å²) in [6.45, 7) is 2.74. The summed E-state index contributed by atoms with van der Waals surface area (Å²) in [5.74, 6) is 0.646.